The second kappa shape index (κ2) is 10.3. The van der Waals surface area contributed by atoms with Gasteiger partial charge in [-0.15, -0.1) is 0 Å². The normalized spacial score (nSPS) is 17.3. The van der Waals surface area contributed by atoms with Gasteiger partial charge in [0.2, 0.25) is 0 Å². The highest BCUT2D eigenvalue weighted by atomic mass is 32.2. The molecule has 1 saturated heterocycles. The number of fused-ring (bicyclic) bond motifs is 1. The minimum Gasteiger partial charge on any atom is -0.494 e. The fourth-order valence-corrected chi connectivity index (χ4v) is 5.32. The number of rotatable bonds is 7. The Bertz CT molecular complexity index is 850. The third-order valence-electron chi connectivity index (χ3n) is 5.85. The lowest BCUT2D eigenvalue weighted by molar-refractivity contribution is 0.149. The summed E-state index contributed by atoms with van der Waals surface area (Å²) in [6, 6.07) is 15.3. The highest BCUT2D eigenvalue weighted by Gasteiger charge is 2.27. The summed E-state index contributed by atoms with van der Waals surface area (Å²) in [5.41, 5.74) is 2.46. The summed E-state index contributed by atoms with van der Waals surface area (Å²) in [7, 11) is 0. The first-order valence-corrected chi connectivity index (χ1v) is 11.9. The van der Waals surface area contributed by atoms with Crippen LogP contribution in [0.5, 0.6) is 5.75 Å². The maximum Gasteiger partial charge on any atom is 0.164 e. The molecule has 0 spiro atoms. The van der Waals surface area contributed by atoms with Crippen LogP contribution in [0.4, 0.5) is 10.1 Å². The zero-order valence-electron chi connectivity index (χ0n) is 17.6. The number of benzene rings is 2. The second-order valence-corrected chi connectivity index (χ2v) is 8.77. The van der Waals surface area contributed by atoms with E-state index in [2.05, 4.69) is 41.0 Å². The molecule has 0 N–H and O–H groups in total. The average Bonchev–Trinajstić information content (AvgIpc) is 2.79. The number of hydrogen-bond acceptors (Lipinski definition) is 5. The Morgan fingerprint density at radius 1 is 1.13 bits per heavy atom. The van der Waals surface area contributed by atoms with Crippen LogP contribution in [-0.2, 0) is 5.75 Å². The lowest BCUT2D eigenvalue weighted by atomic mass is 10.0. The molecule has 1 fully saturated rings. The SMILES string of the molecule is CCN(C1=Nc2ccccc2CS1)C1CCN(CCCOc2ccc(F)cc2)CC1. The van der Waals surface area contributed by atoms with Crippen molar-refractivity contribution in [2.24, 2.45) is 4.99 Å². The van der Waals surface area contributed by atoms with Crippen LogP contribution in [0.3, 0.4) is 0 Å². The number of nitrogens with zero attached hydrogens (tertiary/aromatic N) is 3. The molecule has 30 heavy (non-hydrogen) atoms. The molecule has 0 saturated carbocycles. The largest absolute Gasteiger partial charge is 0.494 e. The van der Waals surface area contributed by atoms with E-state index in [1.54, 1.807) is 12.1 Å². The van der Waals surface area contributed by atoms with Crippen LogP contribution in [-0.4, -0.2) is 53.8 Å². The molecule has 0 bridgehead atoms. The minimum atomic E-state index is -0.229. The minimum absolute atomic E-state index is 0.229. The van der Waals surface area contributed by atoms with E-state index >= 15 is 0 Å². The van der Waals surface area contributed by atoms with Gasteiger partial charge in [0.05, 0.1) is 12.3 Å². The lowest BCUT2D eigenvalue weighted by Crippen LogP contribution is -2.47. The van der Waals surface area contributed by atoms with E-state index in [0.717, 1.165) is 49.8 Å². The van der Waals surface area contributed by atoms with Crippen LogP contribution in [0, 0.1) is 5.82 Å². The third-order valence-corrected chi connectivity index (χ3v) is 6.89. The van der Waals surface area contributed by atoms with Gasteiger partial charge in [0, 0.05) is 38.0 Å². The van der Waals surface area contributed by atoms with Crippen molar-refractivity contribution < 1.29 is 9.13 Å². The Morgan fingerprint density at radius 3 is 2.67 bits per heavy atom. The zero-order chi connectivity index (χ0) is 20.8. The van der Waals surface area contributed by atoms with Crippen molar-refractivity contribution in [3.63, 3.8) is 0 Å². The summed E-state index contributed by atoms with van der Waals surface area (Å²) < 4.78 is 18.7. The summed E-state index contributed by atoms with van der Waals surface area (Å²) in [6.07, 6.45) is 3.33. The molecular formula is C24H30FN3OS. The number of likely N-dealkylation sites (tertiary alicyclic amines) is 1. The molecule has 0 aromatic heterocycles. The van der Waals surface area contributed by atoms with Crippen LogP contribution in [0.2, 0.25) is 0 Å². The number of halogens is 1. The van der Waals surface area contributed by atoms with Gasteiger partial charge in [-0.05, 0) is 62.1 Å². The summed E-state index contributed by atoms with van der Waals surface area (Å²) in [6.45, 7) is 7.19. The van der Waals surface area contributed by atoms with Crippen molar-refractivity contribution in [2.45, 2.75) is 38.0 Å². The number of amidine groups is 1. The molecule has 0 aliphatic carbocycles. The number of para-hydroxylation sites is 1. The molecule has 160 valence electrons. The van der Waals surface area contributed by atoms with Crippen LogP contribution in [0.15, 0.2) is 53.5 Å². The van der Waals surface area contributed by atoms with E-state index in [9.17, 15) is 4.39 Å². The van der Waals surface area contributed by atoms with E-state index in [1.807, 2.05) is 11.8 Å². The van der Waals surface area contributed by atoms with E-state index in [1.165, 1.54) is 35.7 Å². The maximum atomic E-state index is 12.9. The van der Waals surface area contributed by atoms with Gasteiger partial charge in [-0.2, -0.15) is 0 Å². The molecule has 4 rings (SSSR count). The predicted octanol–water partition coefficient (Wildman–Crippen LogP) is 5.32. The van der Waals surface area contributed by atoms with Crippen molar-refractivity contribution in [1.82, 2.24) is 9.80 Å². The van der Waals surface area contributed by atoms with Crippen molar-refractivity contribution in [3.8, 4) is 5.75 Å². The number of ether oxygens (including phenoxy) is 1. The van der Waals surface area contributed by atoms with Crippen molar-refractivity contribution in [3.05, 3.63) is 59.9 Å². The first-order valence-electron chi connectivity index (χ1n) is 10.9. The van der Waals surface area contributed by atoms with E-state index < -0.39 is 0 Å². The van der Waals surface area contributed by atoms with Crippen LogP contribution in [0.1, 0.15) is 31.7 Å². The lowest BCUT2D eigenvalue weighted by Gasteiger charge is -2.40. The zero-order valence-corrected chi connectivity index (χ0v) is 18.4. The Balaban J connectivity index is 1.22. The van der Waals surface area contributed by atoms with Gasteiger partial charge in [-0.25, -0.2) is 9.38 Å². The Hall–Kier alpha value is -2.05. The van der Waals surface area contributed by atoms with Gasteiger partial charge in [0.25, 0.3) is 0 Å². The molecule has 0 unspecified atom stereocenters. The molecule has 4 nitrogen and oxygen atoms in total. The first kappa shape index (κ1) is 21.2. The van der Waals surface area contributed by atoms with E-state index in [-0.39, 0.29) is 5.82 Å². The van der Waals surface area contributed by atoms with Gasteiger partial charge in [0.1, 0.15) is 11.6 Å². The van der Waals surface area contributed by atoms with Gasteiger partial charge in [0.15, 0.2) is 5.17 Å². The molecule has 2 heterocycles. The molecule has 0 atom stereocenters. The Kier molecular flexibility index (Phi) is 7.28. The highest BCUT2D eigenvalue weighted by molar-refractivity contribution is 8.13. The van der Waals surface area contributed by atoms with Crippen LogP contribution >= 0.6 is 11.8 Å². The van der Waals surface area contributed by atoms with Crippen LogP contribution in [0.25, 0.3) is 0 Å². The molecule has 2 aliphatic rings. The third kappa shape index (κ3) is 5.35. The molecule has 0 radical (unpaired) electrons. The molecule has 6 heteroatoms. The van der Waals surface area contributed by atoms with Gasteiger partial charge >= 0.3 is 0 Å². The monoisotopic (exact) mass is 427 g/mol. The summed E-state index contributed by atoms with van der Waals surface area (Å²) in [4.78, 5) is 10.00. The van der Waals surface area contributed by atoms with E-state index in [4.69, 9.17) is 9.73 Å². The molecule has 2 aromatic carbocycles. The smallest absolute Gasteiger partial charge is 0.164 e. The van der Waals surface area contributed by atoms with E-state index in [0.29, 0.717) is 12.6 Å². The quantitative estimate of drug-likeness (QED) is 0.560. The summed E-state index contributed by atoms with van der Waals surface area (Å²) in [5, 5.41) is 1.18. The fourth-order valence-electron chi connectivity index (χ4n) is 4.18. The van der Waals surface area contributed by atoms with Gasteiger partial charge in [-0.3, -0.25) is 0 Å². The predicted molar refractivity (Wildman–Crippen MR) is 123 cm³/mol. The number of hydrogen-bond donors (Lipinski definition) is 0. The van der Waals surface area contributed by atoms with Crippen molar-refractivity contribution >= 4 is 22.6 Å². The molecular weight excluding hydrogens is 397 g/mol. The highest BCUT2D eigenvalue weighted by Crippen LogP contribution is 2.33. The number of aliphatic imine (C=N–C) groups is 1. The van der Waals surface area contributed by atoms with Crippen LogP contribution < -0.4 is 4.74 Å². The molecule has 2 aliphatic heterocycles. The standard InChI is InChI=1S/C24H30FN3OS/c1-2-28(24-26-23-7-4-3-6-19(23)18-30-24)21-12-15-27(16-13-21)14-5-17-29-22-10-8-20(25)9-11-22/h3-4,6-11,21H,2,5,12-18H2,1H3. The summed E-state index contributed by atoms with van der Waals surface area (Å²) in [5.74, 6) is 1.52. The Morgan fingerprint density at radius 2 is 1.90 bits per heavy atom. The number of piperidine rings is 1. The molecule has 0 amide bonds. The van der Waals surface area contributed by atoms with Crippen molar-refractivity contribution in [1.29, 1.82) is 0 Å². The van der Waals surface area contributed by atoms with Gasteiger partial charge in [-0.1, -0.05) is 30.0 Å². The molecule has 2 aromatic rings. The maximum absolute atomic E-state index is 12.9. The number of thioether (sulfide) groups is 1. The Labute approximate surface area is 183 Å². The topological polar surface area (TPSA) is 28.1 Å². The first-order chi connectivity index (χ1) is 14.7. The summed E-state index contributed by atoms with van der Waals surface area (Å²) >= 11 is 1.87. The fraction of sp³-hybridized carbons (Fsp3) is 0.458. The van der Waals surface area contributed by atoms with Gasteiger partial charge < -0.3 is 14.5 Å². The van der Waals surface area contributed by atoms with Crippen molar-refractivity contribution in [2.75, 3.05) is 32.8 Å². The average molecular weight is 428 g/mol. The second-order valence-electron chi connectivity index (χ2n) is 7.83.